The minimum atomic E-state index is -0.0226. The third-order valence-electron chi connectivity index (χ3n) is 3.31. The van der Waals surface area contributed by atoms with Crippen LogP contribution in [0.15, 0.2) is 18.2 Å². The first-order valence-electron chi connectivity index (χ1n) is 6.51. The molecule has 0 aliphatic carbocycles. The number of carbonyl (C=O) groups excluding carboxylic acids is 2. The summed E-state index contributed by atoms with van der Waals surface area (Å²) in [5.74, 6) is 0.109. The van der Waals surface area contributed by atoms with Gasteiger partial charge in [-0.3, -0.25) is 9.59 Å². The van der Waals surface area contributed by atoms with Crippen molar-refractivity contribution >= 4 is 23.2 Å². The molecule has 2 rings (SSSR count). The van der Waals surface area contributed by atoms with E-state index in [1.165, 1.54) is 0 Å². The lowest BCUT2D eigenvalue weighted by atomic mass is 10.0. The Morgan fingerprint density at radius 2 is 2.21 bits per heavy atom. The van der Waals surface area contributed by atoms with Crippen molar-refractivity contribution in [1.29, 1.82) is 0 Å². The van der Waals surface area contributed by atoms with Crippen LogP contribution in [0.1, 0.15) is 24.8 Å². The molecule has 0 spiro atoms. The molecule has 0 bridgehead atoms. The number of hydrogen-bond donors (Lipinski definition) is 2. The Labute approximate surface area is 112 Å². The van der Waals surface area contributed by atoms with Crippen molar-refractivity contribution in [2.24, 2.45) is 5.73 Å². The van der Waals surface area contributed by atoms with E-state index in [-0.39, 0.29) is 11.8 Å². The highest BCUT2D eigenvalue weighted by atomic mass is 16.2. The number of amides is 2. The standard InChI is InChI=1S/C14H19N3O2/c1-17-12-6-5-11(16-13(18)3-2-8-15)9-10(12)4-7-14(17)19/h5-6,9H,2-4,7-8,15H2,1H3,(H,16,18). The zero-order valence-corrected chi connectivity index (χ0v) is 11.1. The molecule has 1 aliphatic rings. The molecule has 3 N–H and O–H groups in total. The van der Waals surface area contributed by atoms with Gasteiger partial charge in [0.05, 0.1) is 0 Å². The maximum Gasteiger partial charge on any atom is 0.227 e. The Morgan fingerprint density at radius 3 is 2.95 bits per heavy atom. The fourth-order valence-corrected chi connectivity index (χ4v) is 2.22. The molecule has 1 aliphatic heterocycles. The smallest absolute Gasteiger partial charge is 0.227 e. The normalized spacial score (nSPS) is 14.2. The lowest BCUT2D eigenvalue weighted by molar-refractivity contribution is -0.118. The highest BCUT2D eigenvalue weighted by Gasteiger charge is 2.20. The highest BCUT2D eigenvalue weighted by molar-refractivity contribution is 5.97. The first-order valence-corrected chi connectivity index (χ1v) is 6.51. The SMILES string of the molecule is CN1C(=O)CCc2cc(NC(=O)CCCN)ccc21. The van der Waals surface area contributed by atoms with E-state index in [9.17, 15) is 9.59 Å². The van der Waals surface area contributed by atoms with Gasteiger partial charge >= 0.3 is 0 Å². The van der Waals surface area contributed by atoms with Crippen LogP contribution in [-0.2, 0) is 16.0 Å². The Bertz CT molecular complexity index is 499. The minimum Gasteiger partial charge on any atom is -0.330 e. The lowest BCUT2D eigenvalue weighted by Crippen LogP contribution is -2.31. The molecule has 5 nitrogen and oxygen atoms in total. The van der Waals surface area contributed by atoms with Gasteiger partial charge in [0.25, 0.3) is 0 Å². The van der Waals surface area contributed by atoms with Crippen molar-refractivity contribution < 1.29 is 9.59 Å². The molecule has 2 amide bonds. The molecule has 0 saturated carbocycles. The topological polar surface area (TPSA) is 75.4 Å². The number of hydrogen-bond acceptors (Lipinski definition) is 3. The van der Waals surface area contributed by atoms with E-state index in [0.717, 1.165) is 23.4 Å². The molecule has 1 aromatic rings. The van der Waals surface area contributed by atoms with Crippen LogP contribution in [0, 0.1) is 0 Å². The minimum absolute atomic E-state index is 0.0226. The second kappa shape index (κ2) is 5.84. The first kappa shape index (κ1) is 13.5. The first-order chi connectivity index (χ1) is 9.11. The zero-order valence-electron chi connectivity index (χ0n) is 11.1. The summed E-state index contributed by atoms with van der Waals surface area (Å²) in [6, 6.07) is 5.65. The van der Waals surface area contributed by atoms with E-state index < -0.39 is 0 Å². The van der Waals surface area contributed by atoms with Gasteiger partial charge in [0.1, 0.15) is 0 Å². The number of nitrogens with two attached hydrogens (primary N) is 1. The van der Waals surface area contributed by atoms with Gasteiger partial charge in [0.2, 0.25) is 11.8 Å². The molecule has 1 heterocycles. The van der Waals surface area contributed by atoms with E-state index in [1.807, 2.05) is 18.2 Å². The third-order valence-corrected chi connectivity index (χ3v) is 3.31. The Hall–Kier alpha value is -1.88. The number of nitrogens with one attached hydrogen (secondary N) is 1. The molecule has 0 saturated heterocycles. The summed E-state index contributed by atoms with van der Waals surface area (Å²) < 4.78 is 0. The van der Waals surface area contributed by atoms with Crippen LogP contribution in [0.3, 0.4) is 0 Å². The maximum atomic E-state index is 11.6. The van der Waals surface area contributed by atoms with Gasteiger partial charge in [0.15, 0.2) is 0 Å². The van der Waals surface area contributed by atoms with Gasteiger partial charge in [-0.25, -0.2) is 0 Å². The van der Waals surface area contributed by atoms with Crippen molar-refractivity contribution in [2.45, 2.75) is 25.7 Å². The van der Waals surface area contributed by atoms with Crippen molar-refractivity contribution in [2.75, 3.05) is 23.8 Å². The van der Waals surface area contributed by atoms with Crippen molar-refractivity contribution in [3.63, 3.8) is 0 Å². The van der Waals surface area contributed by atoms with E-state index in [4.69, 9.17) is 5.73 Å². The predicted molar refractivity (Wildman–Crippen MR) is 75.1 cm³/mol. The Morgan fingerprint density at radius 1 is 1.42 bits per heavy atom. The van der Waals surface area contributed by atoms with E-state index >= 15 is 0 Å². The Kier molecular flexibility index (Phi) is 4.16. The number of fused-ring (bicyclic) bond motifs is 1. The second-order valence-corrected chi connectivity index (χ2v) is 4.74. The van der Waals surface area contributed by atoms with Crippen LogP contribution in [0.2, 0.25) is 0 Å². The number of aryl methyl sites for hydroxylation is 1. The van der Waals surface area contributed by atoms with Crippen molar-refractivity contribution in [3.05, 3.63) is 23.8 Å². The van der Waals surface area contributed by atoms with Gasteiger partial charge < -0.3 is 16.0 Å². The summed E-state index contributed by atoms with van der Waals surface area (Å²) in [5, 5.41) is 2.85. The molecule has 0 unspecified atom stereocenters. The number of rotatable bonds is 4. The number of anilines is 2. The van der Waals surface area contributed by atoms with Gasteiger partial charge in [0, 0.05) is 31.3 Å². The van der Waals surface area contributed by atoms with E-state index in [2.05, 4.69) is 5.32 Å². The number of carbonyl (C=O) groups is 2. The summed E-state index contributed by atoms with van der Waals surface area (Å²) in [7, 11) is 1.78. The summed E-state index contributed by atoms with van der Waals surface area (Å²) in [6.07, 6.45) is 2.37. The predicted octanol–water partition coefficient (Wildman–Crippen LogP) is 1.27. The summed E-state index contributed by atoms with van der Waals surface area (Å²) >= 11 is 0. The van der Waals surface area contributed by atoms with Gasteiger partial charge in [-0.2, -0.15) is 0 Å². The summed E-state index contributed by atoms with van der Waals surface area (Å²) in [6.45, 7) is 0.518. The molecule has 19 heavy (non-hydrogen) atoms. The van der Waals surface area contributed by atoms with E-state index in [0.29, 0.717) is 25.8 Å². The highest BCUT2D eigenvalue weighted by Crippen LogP contribution is 2.29. The molecular formula is C14H19N3O2. The van der Waals surface area contributed by atoms with Crippen LogP contribution >= 0.6 is 0 Å². The van der Waals surface area contributed by atoms with Crippen LogP contribution in [0.4, 0.5) is 11.4 Å². The van der Waals surface area contributed by atoms with Gasteiger partial charge in [-0.1, -0.05) is 0 Å². The van der Waals surface area contributed by atoms with Crippen LogP contribution < -0.4 is 16.0 Å². The van der Waals surface area contributed by atoms with Crippen LogP contribution in [0.5, 0.6) is 0 Å². The fraction of sp³-hybridized carbons (Fsp3) is 0.429. The fourth-order valence-electron chi connectivity index (χ4n) is 2.22. The van der Waals surface area contributed by atoms with Crippen LogP contribution in [-0.4, -0.2) is 25.4 Å². The average molecular weight is 261 g/mol. The molecule has 0 radical (unpaired) electrons. The third kappa shape index (κ3) is 3.12. The van der Waals surface area contributed by atoms with Gasteiger partial charge in [-0.05, 0) is 43.1 Å². The Balaban J connectivity index is 2.09. The quantitative estimate of drug-likeness (QED) is 0.857. The summed E-state index contributed by atoms with van der Waals surface area (Å²) in [5.41, 5.74) is 8.18. The zero-order chi connectivity index (χ0) is 13.8. The summed E-state index contributed by atoms with van der Waals surface area (Å²) in [4.78, 5) is 24.9. The number of nitrogens with zero attached hydrogens (tertiary/aromatic N) is 1. The lowest BCUT2D eigenvalue weighted by Gasteiger charge is -2.26. The molecular weight excluding hydrogens is 242 g/mol. The second-order valence-electron chi connectivity index (χ2n) is 4.74. The average Bonchev–Trinajstić information content (AvgIpc) is 2.41. The molecule has 0 atom stereocenters. The molecule has 102 valence electrons. The molecule has 5 heteroatoms. The molecule has 0 aromatic heterocycles. The maximum absolute atomic E-state index is 11.6. The van der Waals surface area contributed by atoms with Crippen molar-refractivity contribution in [3.8, 4) is 0 Å². The van der Waals surface area contributed by atoms with Crippen molar-refractivity contribution in [1.82, 2.24) is 0 Å². The molecule has 1 aromatic carbocycles. The number of benzene rings is 1. The monoisotopic (exact) mass is 261 g/mol. The molecule has 0 fully saturated rings. The largest absolute Gasteiger partial charge is 0.330 e. The van der Waals surface area contributed by atoms with Gasteiger partial charge in [-0.15, -0.1) is 0 Å². The van der Waals surface area contributed by atoms with Crippen LogP contribution in [0.25, 0.3) is 0 Å². The van der Waals surface area contributed by atoms with E-state index in [1.54, 1.807) is 11.9 Å².